The molecular formula is C25H26N2O5. The van der Waals surface area contributed by atoms with E-state index >= 15 is 0 Å². The van der Waals surface area contributed by atoms with Crippen molar-refractivity contribution in [3.8, 4) is 0 Å². The molecule has 4 rings (SSSR count). The third-order valence-electron chi connectivity index (χ3n) is 5.75. The first-order valence-electron chi connectivity index (χ1n) is 10.8. The Hall–Kier alpha value is -3.61. The first kappa shape index (κ1) is 21.6. The molecule has 0 radical (unpaired) electrons. The molecule has 3 atom stereocenters. The third-order valence-corrected chi connectivity index (χ3v) is 5.75. The number of nitrogens with one attached hydrogen (secondary N) is 1. The molecule has 3 unspecified atom stereocenters. The van der Waals surface area contributed by atoms with Gasteiger partial charge in [-0.2, -0.15) is 0 Å². The van der Waals surface area contributed by atoms with Gasteiger partial charge in [-0.25, -0.2) is 4.79 Å². The van der Waals surface area contributed by atoms with Gasteiger partial charge in [0.05, 0.1) is 13.2 Å². The predicted molar refractivity (Wildman–Crippen MR) is 119 cm³/mol. The maximum atomic E-state index is 12.8. The molecule has 0 bridgehead atoms. The summed E-state index contributed by atoms with van der Waals surface area (Å²) in [6.07, 6.45) is 1.93. The van der Waals surface area contributed by atoms with E-state index in [1.165, 1.54) is 0 Å². The summed E-state index contributed by atoms with van der Waals surface area (Å²) in [5.41, 5.74) is 2.81. The molecule has 1 amide bonds. The summed E-state index contributed by atoms with van der Waals surface area (Å²) in [6.45, 7) is 4.34. The van der Waals surface area contributed by atoms with E-state index < -0.39 is 35.7 Å². The van der Waals surface area contributed by atoms with E-state index in [0.29, 0.717) is 6.54 Å². The molecule has 2 heterocycles. The number of para-hydroxylation sites is 1. The Morgan fingerprint density at radius 3 is 2.31 bits per heavy atom. The summed E-state index contributed by atoms with van der Waals surface area (Å²) < 4.78 is 12.5. The average molecular weight is 434 g/mol. The van der Waals surface area contributed by atoms with Crippen LogP contribution in [-0.2, 0) is 30.4 Å². The molecule has 1 aliphatic heterocycles. The summed E-state index contributed by atoms with van der Waals surface area (Å²) >= 11 is 0. The Balaban J connectivity index is 1.83. The Kier molecular flexibility index (Phi) is 6.25. The number of carbonyl (C=O) groups excluding carboxylic acids is 3. The average Bonchev–Trinajstić information content (AvgIpc) is 3.32. The Morgan fingerprint density at radius 1 is 0.938 bits per heavy atom. The second-order valence-electron chi connectivity index (χ2n) is 7.71. The molecule has 1 fully saturated rings. The van der Waals surface area contributed by atoms with Crippen molar-refractivity contribution in [1.29, 1.82) is 0 Å². The van der Waals surface area contributed by atoms with Gasteiger partial charge in [0.1, 0.15) is 12.0 Å². The molecule has 166 valence electrons. The van der Waals surface area contributed by atoms with Crippen molar-refractivity contribution < 1.29 is 23.9 Å². The van der Waals surface area contributed by atoms with E-state index in [1.54, 1.807) is 13.8 Å². The van der Waals surface area contributed by atoms with Crippen molar-refractivity contribution in [2.75, 3.05) is 13.2 Å². The Bertz CT molecular complexity index is 1140. The maximum absolute atomic E-state index is 12.8. The van der Waals surface area contributed by atoms with Gasteiger partial charge in [0, 0.05) is 29.6 Å². The number of nitrogens with zero attached hydrogens (tertiary/aromatic N) is 1. The second kappa shape index (κ2) is 9.26. The van der Waals surface area contributed by atoms with Gasteiger partial charge >= 0.3 is 11.9 Å². The number of ether oxygens (including phenoxy) is 2. The Labute approximate surface area is 186 Å². The number of fused-ring (bicyclic) bond motifs is 1. The van der Waals surface area contributed by atoms with Gasteiger partial charge < -0.3 is 19.4 Å². The molecule has 1 aliphatic rings. The first-order chi connectivity index (χ1) is 15.5. The van der Waals surface area contributed by atoms with Crippen LogP contribution in [0.4, 0.5) is 0 Å². The molecule has 1 saturated heterocycles. The molecule has 1 aromatic heterocycles. The highest BCUT2D eigenvalue weighted by atomic mass is 16.5. The molecule has 3 aromatic rings. The van der Waals surface area contributed by atoms with Crippen LogP contribution in [0.15, 0.2) is 60.8 Å². The van der Waals surface area contributed by atoms with Crippen molar-refractivity contribution in [1.82, 2.24) is 9.88 Å². The Morgan fingerprint density at radius 2 is 1.59 bits per heavy atom. The molecule has 7 heteroatoms. The van der Waals surface area contributed by atoms with E-state index in [2.05, 4.69) is 9.88 Å². The third kappa shape index (κ3) is 3.98. The van der Waals surface area contributed by atoms with E-state index in [1.807, 2.05) is 60.8 Å². The fourth-order valence-corrected chi connectivity index (χ4v) is 4.42. The van der Waals surface area contributed by atoms with E-state index in [-0.39, 0.29) is 13.2 Å². The van der Waals surface area contributed by atoms with Gasteiger partial charge in [-0.05, 0) is 31.0 Å². The molecular weight excluding hydrogens is 408 g/mol. The van der Waals surface area contributed by atoms with Gasteiger partial charge in [-0.15, -0.1) is 0 Å². The minimum absolute atomic E-state index is 0.148. The van der Waals surface area contributed by atoms with Gasteiger partial charge in [0.15, 0.2) is 0 Å². The molecule has 0 saturated carbocycles. The van der Waals surface area contributed by atoms with Crippen LogP contribution in [0.1, 0.15) is 30.9 Å². The second-order valence-corrected chi connectivity index (χ2v) is 7.71. The molecule has 2 aromatic carbocycles. The summed E-state index contributed by atoms with van der Waals surface area (Å²) in [5, 5.41) is 3.56. The minimum atomic E-state index is -1.12. The standard InChI is InChI=1S/C25H26N2O5/c1-3-31-24(29)21-20(22(26-23(21)28)25(30)32-4-2)18-15-27(14-16-10-6-5-7-11-16)19-13-9-8-12-17(18)19/h5-13,15,20-22H,3-4,14H2,1-2H3,(H,26,28). The van der Waals surface area contributed by atoms with Crippen LogP contribution in [0.25, 0.3) is 10.9 Å². The fraction of sp³-hybridized carbons (Fsp3) is 0.320. The van der Waals surface area contributed by atoms with Crippen LogP contribution in [0.5, 0.6) is 0 Å². The zero-order valence-corrected chi connectivity index (χ0v) is 18.1. The van der Waals surface area contributed by atoms with Crippen LogP contribution in [0.3, 0.4) is 0 Å². The lowest BCUT2D eigenvalue weighted by Crippen LogP contribution is -2.37. The number of esters is 2. The molecule has 1 N–H and O–H groups in total. The lowest BCUT2D eigenvalue weighted by atomic mass is 9.83. The van der Waals surface area contributed by atoms with Crippen molar-refractivity contribution >= 4 is 28.7 Å². The number of aromatic nitrogens is 1. The van der Waals surface area contributed by atoms with Crippen LogP contribution < -0.4 is 5.32 Å². The molecule has 0 aliphatic carbocycles. The topological polar surface area (TPSA) is 86.6 Å². The SMILES string of the molecule is CCOC(=O)C1NC(=O)C(C(=O)OCC)C1c1cn(Cc2ccccc2)c2ccccc12. The normalized spacial score (nSPS) is 20.2. The molecule has 7 nitrogen and oxygen atoms in total. The van der Waals surface area contributed by atoms with Crippen LogP contribution in [0, 0.1) is 5.92 Å². The first-order valence-corrected chi connectivity index (χ1v) is 10.8. The number of benzene rings is 2. The summed E-state index contributed by atoms with van der Waals surface area (Å²) in [5.74, 6) is -3.58. The minimum Gasteiger partial charge on any atom is -0.465 e. The van der Waals surface area contributed by atoms with Crippen LogP contribution in [-0.4, -0.2) is 41.7 Å². The van der Waals surface area contributed by atoms with E-state index in [4.69, 9.17) is 9.47 Å². The number of hydrogen-bond acceptors (Lipinski definition) is 5. The van der Waals surface area contributed by atoms with Crippen LogP contribution >= 0.6 is 0 Å². The van der Waals surface area contributed by atoms with E-state index in [9.17, 15) is 14.4 Å². The number of carbonyl (C=O) groups is 3. The number of hydrogen-bond donors (Lipinski definition) is 1. The van der Waals surface area contributed by atoms with Gasteiger partial charge in [0.2, 0.25) is 5.91 Å². The zero-order valence-electron chi connectivity index (χ0n) is 18.1. The lowest BCUT2D eigenvalue weighted by molar-refractivity contribution is -0.151. The molecule has 0 spiro atoms. The summed E-state index contributed by atoms with van der Waals surface area (Å²) in [6, 6.07) is 16.8. The highest BCUT2D eigenvalue weighted by molar-refractivity contribution is 6.05. The summed E-state index contributed by atoms with van der Waals surface area (Å²) in [7, 11) is 0. The predicted octanol–water partition coefficient (Wildman–Crippen LogP) is 3.01. The van der Waals surface area contributed by atoms with E-state index in [0.717, 1.165) is 22.0 Å². The summed E-state index contributed by atoms with van der Waals surface area (Å²) in [4.78, 5) is 38.3. The van der Waals surface area contributed by atoms with Gasteiger partial charge in [0.25, 0.3) is 0 Å². The van der Waals surface area contributed by atoms with Crippen molar-refractivity contribution in [2.24, 2.45) is 5.92 Å². The van der Waals surface area contributed by atoms with Crippen molar-refractivity contribution in [3.05, 3.63) is 71.9 Å². The fourth-order valence-electron chi connectivity index (χ4n) is 4.42. The number of amides is 1. The quantitative estimate of drug-likeness (QED) is 0.456. The number of rotatable bonds is 7. The largest absolute Gasteiger partial charge is 0.465 e. The molecule has 32 heavy (non-hydrogen) atoms. The maximum Gasteiger partial charge on any atom is 0.329 e. The van der Waals surface area contributed by atoms with Crippen molar-refractivity contribution in [2.45, 2.75) is 32.4 Å². The lowest BCUT2D eigenvalue weighted by Gasteiger charge is -2.20. The monoisotopic (exact) mass is 434 g/mol. The smallest absolute Gasteiger partial charge is 0.329 e. The van der Waals surface area contributed by atoms with Gasteiger partial charge in [-0.1, -0.05) is 48.5 Å². The van der Waals surface area contributed by atoms with Gasteiger partial charge in [-0.3, -0.25) is 9.59 Å². The highest BCUT2D eigenvalue weighted by Gasteiger charge is 2.52. The zero-order chi connectivity index (χ0) is 22.7. The van der Waals surface area contributed by atoms with Crippen molar-refractivity contribution in [3.63, 3.8) is 0 Å². The van der Waals surface area contributed by atoms with Crippen LogP contribution in [0.2, 0.25) is 0 Å². The highest BCUT2D eigenvalue weighted by Crippen LogP contribution is 2.40.